The lowest BCUT2D eigenvalue weighted by molar-refractivity contribution is -0.114. The molecule has 0 heterocycles. The third kappa shape index (κ3) is 2.91. The number of hydrogen-bond donors (Lipinski definition) is 1. The molecule has 0 fully saturated rings. The molecule has 1 amide bonds. The number of rotatable bonds is 4. The van der Waals surface area contributed by atoms with E-state index < -0.39 is 0 Å². The van der Waals surface area contributed by atoms with Crippen molar-refractivity contribution in [1.29, 1.82) is 0 Å². The van der Waals surface area contributed by atoms with Gasteiger partial charge in [0, 0.05) is 5.57 Å². The highest BCUT2D eigenvalue weighted by molar-refractivity contribution is 5.96. The van der Waals surface area contributed by atoms with Crippen LogP contribution in [0.2, 0.25) is 0 Å². The molecule has 0 atom stereocenters. The normalized spacial score (nSPS) is 13.2. The molecule has 2 heteroatoms. The Morgan fingerprint density at radius 1 is 1.42 bits per heavy atom. The van der Waals surface area contributed by atoms with Crippen molar-refractivity contribution in [3.63, 3.8) is 0 Å². The number of amides is 1. The van der Waals surface area contributed by atoms with Gasteiger partial charge in [-0.1, -0.05) is 26.0 Å². The van der Waals surface area contributed by atoms with Gasteiger partial charge in [0.25, 0.3) is 0 Å². The SMILES string of the molecule is C/C=C(C(N)=O)\C(=C/CC)CC. The second-order valence-corrected chi connectivity index (χ2v) is 2.56. The summed E-state index contributed by atoms with van der Waals surface area (Å²) in [4.78, 5) is 10.9. The van der Waals surface area contributed by atoms with E-state index in [0.717, 1.165) is 18.4 Å². The smallest absolute Gasteiger partial charge is 0.248 e. The van der Waals surface area contributed by atoms with Gasteiger partial charge in [0.1, 0.15) is 0 Å². The van der Waals surface area contributed by atoms with Crippen molar-refractivity contribution in [3.05, 3.63) is 23.3 Å². The molecule has 2 N–H and O–H groups in total. The third-order valence-electron chi connectivity index (χ3n) is 1.73. The van der Waals surface area contributed by atoms with Crippen LogP contribution in [0.1, 0.15) is 33.6 Å². The van der Waals surface area contributed by atoms with E-state index in [9.17, 15) is 4.79 Å². The highest BCUT2D eigenvalue weighted by Crippen LogP contribution is 2.13. The van der Waals surface area contributed by atoms with Crippen LogP contribution >= 0.6 is 0 Å². The topological polar surface area (TPSA) is 43.1 Å². The van der Waals surface area contributed by atoms with Gasteiger partial charge in [-0.15, -0.1) is 0 Å². The van der Waals surface area contributed by atoms with Crippen molar-refractivity contribution in [1.82, 2.24) is 0 Å². The second-order valence-electron chi connectivity index (χ2n) is 2.56. The molecule has 0 spiro atoms. The van der Waals surface area contributed by atoms with E-state index in [4.69, 9.17) is 5.73 Å². The molecular weight excluding hydrogens is 150 g/mol. The molecule has 0 aliphatic carbocycles. The molecule has 0 aliphatic heterocycles. The van der Waals surface area contributed by atoms with Gasteiger partial charge < -0.3 is 5.73 Å². The van der Waals surface area contributed by atoms with Crippen LogP contribution in [0.25, 0.3) is 0 Å². The number of nitrogens with two attached hydrogens (primary N) is 1. The van der Waals surface area contributed by atoms with E-state index in [1.165, 1.54) is 0 Å². The van der Waals surface area contributed by atoms with E-state index in [2.05, 4.69) is 0 Å². The Morgan fingerprint density at radius 2 is 2.00 bits per heavy atom. The number of carbonyl (C=O) groups is 1. The zero-order chi connectivity index (χ0) is 9.56. The van der Waals surface area contributed by atoms with Crippen LogP contribution in [-0.2, 0) is 4.79 Å². The monoisotopic (exact) mass is 167 g/mol. The van der Waals surface area contributed by atoms with Crippen LogP contribution in [0.15, 0.2) is 23.3 Å². The summed E-state index contributed by atoms with van der Waals surface area (Å²) in [6.45, 7) is 5.90. The Labute approximate surface area is 74.1 Å². The van der Waals surface area contributed by atoms with Gasteiger partial charge in [-0.2, -0.15) is 0 Å². The first-order chi connectivity index (χ1) is 5.67. The second kappa shape index (κ2) is 5.58. The summed E-state index contributed by atoms with van der Waals surface area (Å²) in [7, 11) is 0. The lowest BCUT2D eigenvalue weighted by Crippen LogP contribution is -2.15. The molecule has 0 aromatic rings. The summed E-state index contributed by atoms with van der Waals surface area (Å²) >= 11 is 0. The fraction of sp³-hybridized carbons (Fsp3) is 0.500. The molecule has 12 heavy (non-hydrogen) atoms. The zero-order valence-corrected chi connectivity index (χ0v) is 8.05. The Kier molecular flexibility index (Phi) is 5.09. The standard InChI is InChI=1S/C10H17NO/c1-4-7-8(5-2)9(6-3)10(11)12/h6-7H,4-5H2,1-3H3,(H2,11,12)/b8-7-,9-6+. The fourth-order valence-corrected chi connectivity index (χ4v) is 1.18. The minimum atomic E-state index is -0.334. The Bertz CT molecular complexity index is 214. The van der Waals surface area contributed by atoms with Gasteiger partial charge in [0.15, 0.2) is 0 Å². The zero-order valence-electron chi connectivity index (χ0n) is 8.05. The van der Waals surface area contributed by atoms with Crippen molar-refractivity contribution < 1.29 is 4.79 Å². The van der Waals surface area contributed by atoms with Crippen molar-refractivity contribution in [2.45, 2.75) is 33.6 Å². The molecule has 0 saturated heterocycles. The summed E-state index contributed by atoms with van der Waals surface area (Å²) in [6, 6.07) is 0. The molecule has 0 bridgehead atoms. The van der Waals surface area contributed by atoms with Gasteiger partial charge in [-0.05, 0) is 25.3 Å². The fourth-order valence-electron chi connectivity index (χ4n) is 1.18. The molecule has 0 aromatic carbocycles. The quantitative estimate of drug-likeness (QED) is 0.506. The van der Waals surface area contributed by atoms with Gasteiger partial charge >= 0.3 is 0 Å². The van der Waals surface area contributed by atoms with E-state index in [1.54, 1.807) is 6.08 Å². The summed E-state index contributed by atoms with van der Waals surface area (Å²) in [5.41, 5.74) is 6.91. The van der Waals surface area contributed by atoms with Crippen LogP contribution in [0, 0.1) is 0 Å². The van der Waals surface area contributed by atoms with Gasteiger partial charge in [-0.25, -0.2) is 0 Å². The molecule has 0 saturated carbocycles. The molecular formula is C10H17NO. The molecule has 0 aliphatic rings. The first kappa shape index (κ1) is 11.0. The van der Waals surface area contributed by atoms with Crippen LogP contribution in [0.4, 0.5) is 0 Å². The first-order valence-electron chi connectivity index (χ1n) is 4.32. The molecule has 2 nitrogen and oxygen atoms in total. The van der Waals surface area contributed by atoms with E-state index >= 15 is 0 Å². The van der Waals surface area contributed by atoms with Crippen molar-refractivity contribution in [2.75, 3.05) is 0 Å². The molecule has 0 rings (SSSR count). The number of carbonyl (C=O) groups excluding carboxylic acids is 1. The maximum atomic E-state index is 10.9. The summed E-state index contributed by atoms with van der Waals surface area (Å²) < 4.78 is 0. The van der Waals surface area contributed by atoms with E-state index in [-0.39, 0.29) is 5.91 Å². The summed E-state index contributed by atoms with van der Waals surface area (Å²) in [5, 5.41) is 0. The van der Waals surface area contributed by atoms with Crippen LogP contribution in [-0.4, -0.2) is 5.91 Å². The lowest BCUT2D eigenvalue weighted by Gasteiger charge is -2.05. The predicted molar refractivity (Wildman–Crippen MR) is 51.6 cm³/mol. The molecule has 68 valence electrons. The third-order valence-corrected chi connectivity index (χ3v) is 1.73. The highest BCUT2D eigenvalue weighted by Gasteiger charge is 2.06. The van der Waals surface area contributed by atoms with Gasteiger partial charge in [0.05, 0.1) is 0 Å². The first-order valence-corrected chi connectivity index (χ1v) is 4.32. The Morgan fingerprint density at radius 3 is 2.25 bits per heavy atom. The Balaban J connectivity index is 4.70. The van der Waals surface area contributed by atoms with Crippen molar-refractivity contribution in [3.8, 4) is 0 Å². The van der Waals surface area contributed by atoms with Crippen LogP contribution in [0.3, 0.4) is 0 Å². The minimum absolute atomic E-state index is 0.334. The number of allylic oxidation sites excluding steroid dienone is 2. The molecule has 0 aromatic heterocycles. The van der Waals surface area contributed by atoms with E-state index in [1.807, 2.05) is 26.8 Å². The van der Waals surface area contributed by atoms with Crippen molar-refractivity contribution >= 4 is 5.91 Å². The van der Waals surface area contributed by atoms with Crippen molar-refractivity contribution in [2.24, 2.45) is 5.73 Å². The molecule has 0 unspecified atom stereocenters. The predicted octanol–water partition coefficient (Wildman–Crippen LogP) is 2.16. The maximum absolute atomic E-state index is 10.9. The summed E-state index contributed by atoms with van der Waals surface area (Å²) in [5.74, 6) is -0.334. The van der Waals surface area contributed by atoms with Crippen LogP contribution < -0.4 is 5.73 Å². The van der Waals surface area contributed by atoms with E-state index in [0.29, 0.717) is 5.57 Å². The summed E-state index contributed by atoms with van der Waals surface area (Å²) in [6.07, 6.45) is 5.61. The van der Waals surface area contributed by atoms with Gasteiger partial charge in [-0.3, -0.25) is 4.79 Å². The average Bonchev–Trinajstić information content (AvgIpc) is 2.03. The lowest BCUT2D eigenvalue weighted by atomic mass is 10.0. The molecule has 0 radical (unpaired) electrons. The Hall–Kier alpha value is -1.05. The average molecular weight is 167 g/mol. The maximum Gasteiger partial charge on any atom is 0.248 e. The minimum Gasteiger partial charge on any atom is -0.366 e. The van der Waals surface area contributed by atoms with Gasteiger partial charge in [0.2, 0.25) is 5.91 Å². The number of hydrogen-bond acceptors (Lipinski definition) is 1. The largest absolute Gasteiger partial charge is 0.366 e. The number of primary amides is 1. The highest BCUT2D eigenvalue weighted by atomic mass is 16.1. The van der Waals surface area contributed by atoms with Crippen LogP contribution in [0.5, 0.6) is 0 Å².